The van der Waals surface area contributed by atoms with E-state index in [2.05, 4.69) is 10.2 Å². The predicted molar refractivity (Wildman–Crippen MR) is 97.2 cm³/mol. The molecule has 9 heteroatoms. The second-order valence-electron chi connectivity index (χ2n) is 6.02. The van der Waals surface area contributed by atoms with Crippen LogP contribution in [0.3, 0.4) is 0 Å². The smallest absolute Gasteiger partial charge is 0.243 e. The molecule has 0 bridgehead atoms. The van der Waals surface area contributed by atoms with Gasteiger partial charge in [-0.2, -0.15) is 4.31 Å². The van der Waals surface area contributed by atoms with Crippen LogP contribution in [0.25, 0.3) is 0 Å². The van der Waals surface area contributed by atoms with Gasteiger partial charge in [-0.25, -0.2) is 8.42 Å². The van der Waals surface area contributed by atoms with Gasteiger partial charge in [0.05, 0.1) is 18.6 Å². The summed E-state index contributed by atoms with van der Waals surface area (Å²) in [6.07, 6.45) is 1.15. The van der Waals surface area contributed by atoms with Gasteiger partial charge in [-0.3, -0.25) is 0 Å². The standard InChI is InChI=1S/C17H20ClN3O4S/c1-12-14(18)6-3-7-15(12)26(22,23)21-10-4-5-13(11-21)25-17-9-8-16(24-2)19-20-17/h3,6-9,13H,4-5,10-11H2,1-2H3. The van der Waals surface area contributed by atoms with Crippen molar-refractivity contribution in [3.63, 3.8) is 0 Å². The lowest BCUT2D eigenvalue weighted by molar-refractivity contribution is 0.123. The molecule has 2 aromatic rings. The first-order valence-corrected chi connectivity index (χ1v) is 10.0. The van der Waals surface area contributed by atoms with Crippen molar-refractivity contribution in [2.75, 3.05) is 20.2 Å². The van der Waals surface area contributed by atoms with Crippen LogP contribution < -0.4 is 9.47 Å². The van der Waals surface area contributed by atoms with E-state index in [1.807, 2.05) is 0 Å². The SMILES string of the molecule is COc1ccc(OC2CCCN(S(=O)(=O)c3cccc(Cl)c3C)C2)nn1. The van der Waals surface area contributed by atoms with E-state index in [4.69, 9.17) is 21.1 Å². The summed E-state index contributed by atoms with van der Waals surface area (Å²) in [7, 11) is -2.13. The van der Waals surface area contributed by atoms with Crippen LogP contribution >= 0.6 is 11.6 Å². The van der Waals surface area contributed by atoms with Gasteiger partial charge < -0.3 is 9.47 Å². The molecular weight excluding hydrogens is 378 g/mol. The normalized spacial score (nSPS) is 18.5. The molecule has 1 unspecified atom stereocenters. The maximum atomic E-state index is 13.0. The molecule has 0 amide bonds. The summed E-state index contributed by atoms with van der Waals surface area (Å²) in [6, 6.07) is 8.21. The summed E-state index contributed by atoms with van der Waals surface area (Å²) in [5, 5.41) is 8.22. The Hall–Kier alpha value is -1.90. The fourth-order valence-corrected chi connectivity index (χ4v) is 4.86. The molecule has 1 saturated heterocycles. The van der Waals surface area contributed by atoms with Gasteiger partial charge in [-0.15, -0.1) is 10.2 Å². The number of aromatic nitrogens is 2. The second kappa shape index (κ2) is 7.77. The lowest BCUT2D eigenvalue weighted by Crippen LogP contribution is -2.44. The third-order valence-electron chi connectivity index (χ3n) is 4.29. The minimum atomic E-state index is -3.64. The van der Waals surface area contributed by atoms with Crippen LogP contribution in [0.15, 0.2) is 35.2 Å². The highest BCUT2D eigenvalue weighted by molar-refractivity contribution is 7.89. The van der Waals surface area contributed by atoms with Crippen LogP contribution in [0.2, 0.25) is 5.02 Å². The highest BCUT2D eigenvalue weighted by Crippen LogP contribution is 2.28. The quantitative estimate of drug-likeness (QED) is 0.771. The Morgan fingerprint density at radius 1 is 1.19 bits per heavy atom. The molecule has 7 nitrogen and oxygen atoms in total. The number of nitrogens with zero attached hydrogens (tertiary/aromatic N) is 3. The van der Waals surface area contributed by atoms with Crippen molar-refractivity contribution in [2.45, 2.75) is 30.8 Å². The Kier molecular flexibility index (Phi) is 5.64. The predicted octanol–water partition coefficient (Wildman–Crippen LogP) is 2.68. The first kappa shape index (κ1) is 18.9. The summed E-state index contributed by atoms with van der Waals surface area (Å²) in [4.78, 5) is 0.231. The number of halogens is 1. The molecule has 0 spiro atoms. The maximum absolute atomic E-state index is 13.0. The molecule has 140 valence electrons. The number of rotatable bonds is 5. The minimum Gasteiger partial charge on any atom is -0.480 e. The van der Waals surface area contributed by atoms with E-state index in [0.717, 1.165) is 6.42 Å². The number of piperidine rings is 1. The van der Waals surface area contributed by atoms with Gasteiger partial charge in [0, 0.05) is 23.7 Å². The molecule has 1 aliphatic heterocycles. The number of methoxy groups -OCH3 is 1. The average Bonchev–Trinajstić information content (AvgIpc) is 2.65. The minimum absolute atomic E-state index is 0.231. The number of benzene rings is 1. The Morgan fingerprint density at radius 3 is 2.62 bits per heavy atom. The molecule has 0 saturated carbocycles. The lowest BCUT2D eigenvalue weighted by atomic mass is 10.1. The Morgan fingerprint density at radius 2 is 1.92 bits per heavy atom. The highest BCUT2D eigenvalue weighted by Gasteiger charge is 2.32. The Bertz CT molecular complexity index is 874. The van der Waals surface area contributed by atoms with E-state index < -0.39 is 10.0 Å². The first-order chi connectivity index (χ1) is 12.4. The van der Waals surface area contributed by atoms with Crippen LogP contribution in [0.4, 0.5) is 0 Å². The van der Waals surface area contributed by atoms with Crippen molar-refractivity contribution in [3.8, 4) is 11.8 Å². The molecular formula is C17H20ClN3O4S. The summed E-state index contributed by atoms with van der Waals surface area (Å²) in [5.41, 5.74) is 0.554. The largest absolute Gasteiger partial charge is 0.480 e. The summed E-state index contributed by atoms with van der Waals surface area (Å²) >= 11 is 6.09. The van der Waals surface area contributed by atoms with Crippen molar-refractivity contribution in [2.24, 2.45) is 0 Å². The lowest BCUT2D eigenvalue weighted by Gasteiger charge is -2.32. The molecule has 1 atom stereocenters. The molecule has 3 rings (SSSR count). The van der Waals surface area contributed by atoms with Gasteiger partial charge in [0.15, 0.2) is 0 Å². The second-order valence-corrected chi connectivity index (χ2v) is 8.34. The molecule has 2 heterocycles. The third-order valence-corrected chi connectivity index (χ3v) is 6.71. The molecule has 1 aliphatic rings. The first-order valence-electron chi connectivity index (χ1n) is 8.21. The summed E-state index contributed by atoms with van der Waals surface area (Å²) in [6.45, 7) is 2.41. The van der Waals surface area contributed by atoms with Crippen molar-refractivity contribution in [1.29, 1.82) is 0 Å². The average molecular weight is 398 g/mol. The van der Waals surface area contributed by atoms with Gasteiger partial charge in [0.1, 0.15) is 6.10 Å². The van der Waals surface area contributed by atoms with Crippen molar-refractivity contribution < 1.29 is 17.9 Å². The highest BCUT2D eigenvalue weighted by atomic mass is 35.5. The Balaban J connectivity index is 1.75. The number of sulfonamides is 1. The van der Waals surface area contributed by atoms with Crippen LogP contribution in [-0.2, 0) is 10.0 Å². The van der Waals surface area contributed by atoms with E-state index >= 15 is 0 Å². The summed E-state index contributed by atoms with van der Waals surface area (Å²) in [5.74, 6) is 0.732. The van der Waals surface area contributed by atoms with Gasteiger partial charge >= 0.3 is 0 Å². The van der Waals surface area contributed by atoms with Crippen molar-refractivity contribution in [3.05, 3.63) is 40.9 Å². The van der Waals surface area contributed by atoms with Gasteiger partial charge in [-0.05, 0) is 37.5 Å². The van der Waals surface area contributed by atoms with Crippen LogP contribution in [0, 0.1) is 6.92 Å². The van der Waals surface area contributed by atoms with E-state index in [0.29, 0.717) is 35.3 Å². The Labute approximate surface area is 157 Å². The maximum Gasteiger partial charge on any atom is 0.243 e. The van der Waals surface area contributed by atoms with Gasteiger partial charge in [0.25, 0.3) is 0 Å². The topological polar surface area (TPSA) is 81.6 Å². The van der Waals surface area contributed by atoms with Crippen molar-refractivity contribution in [1.82, 2.24) is 14.5 Å². The number of ether oxygens (including phenoxy) is 2. The van der Waals surface area contributed by atoms with Crippen LogP contribution in [0.5, 0.6) is 11.8 Å². The molecule has 1 fully saturated rings. The number of hydrogen-bond acceptors (Lipinski definition) is 6. The van der Waals surface area contributed by atoms with E-state index in [1.165, 1.54) is 11.4 Å². The van der Waals surface area contributed by atoms with Gasteiger partial charge in [0.2, 0.25) is 21.8 Å². The third kappa shape index (κ3) is 3.92. The van der Waals surface area contributed by atoms with Crippen LogP contribution in [-0.4, -0.2) is 49.2 Å². The zero-order valence-electron chi connectivity index (χ0n) is 14.6. The van der Waals surface area contributed by atoms with Crippen LogP contribution in [0.1, 0.15) is 18.4 Å². The molecule has 1 aromatic heterocycles. The van der Waals surface area contributed by atoms with Gasteiger partial charge in [-0.1, -0.05) is 17.7 Å². The molecule has 1 aromatic carbocycles. The zero-order chi connectivity index (χ0) is 18.7. The van der Waals surface area contributed by atoms with E-state index in [1.54, 1.807) is 37.3 Å². The molecule has 0 N–H and O–H groups in total. The van der Waals surface area contributed by atoms with E-state index in [9.17, 15) is 8.42 Å². The van der Waals surface area contributed by atoms with Crippen molar-refractivity contribution >= 4 is 21.6 Å². The molecule has 0 radical (unpaired) electrons. The fourth-order valence-electron chi connectivity index (χ4n) is 2.88. The monoisotopic (exact) mass is 397 g/mol. The number of hydrogen-bond donors (Lipinski definition) is 0. The summed E-state index contributed by atoms with van der Waals surface area (Å²) < 4.78 is 38.2. The molecule has 26 heavy (non-hydrogen) atoms. The zero-order valence-corrected chi connectivity index (χ0v) is 16.1. The van der Waals surface area contributed by atoms with E-state index in [-0.39, 0.29) is 17.5 Å². The molecule has 0 aliphatic carbocycles. The fraction of sp³-hybridized carbons (Fsp3) is 0.412.